The highest BCUT2D eigenvalue weighted by Gasteiger charge is 2.16. The molecule has 0 spiro atoms. The minimum absolute atomic E-state index is 0.362. The van der Waals surface area contributed by atoms with Crippen LogP contribution >= 0.6 is 15.9 Å². The van der Waals surface area contributed by atoms with Crippen molar-refractivity contribution in [2.75, 3.05) is 17.2 Å². The summed E-state index contributed by atoms with van der Waals surface area (Å²) >= 11 is 3.50. The summed E-state index contributed by atoms with van der Waals surface area (Å²) in [5.41, 5.74) is 2.71. The number of nitrogens with zero attached hydrogens (tertiary/aromatic N) is 2. The van der Waals surface area contributed by atoms with Crippen molar-refractivity contribution in [3.63, 3.8) is 0 Å². The van der Waals surface area contributed by atoms with E-state index in [2.05, 4.69) is 31.7 Å². The molecule has 8 heteroatoms. The molecule has 0 radical (unpaired) electrons. The Kier molecular flexibility index (Phi) is 5.75. The normalized spacial score (nSPS) is 10.5. The summed E-state index contributed by atoms with van der Waals surface area (Å²) in [6.45, 7) is 2.42. The van der Waals surface area contributed by atoms with Gasteiger partial charge in [0.15, 0.2) is 0 Å². The van der Waals surface area contributed by atoms with Gasteiger partial charge >= 0.3 is 6.03 Å². The van der Waals surface area contributed by atoms with E-state index < -0.39 is 6.03 Å². The van der Waals surface area contributed by atoms with Crippen LogP contribution in [0.5, 0.6) is 5.75 Å². The van der Waals surface area contributed by atoms with Gasteiger partial charge in [-0.25, -0.2) is 9.18 Å². The van der Waals surface area contributed by atoms with Crippen LogP contribution in [0, 0.1) is 5.82 Å². The number of rotatable bonds is 5. The maximum Gasteiger partial charge on any atom is 0.323 e. The minimum atomic E-state index is -0.430. The van der Waals surface area contributed by atoms with Gasteiger partial charge in [0, 0.05) is 24.0 Å². The molecule has 0 bridgehead atoms. The van der Waals surface area contributed by atoms with Crippen LogP contribution < -0.4 is 15.4 Å². The van der Waals surface area contributed by atoms with Gasteiger partial charge in [-0.2, -0.15) is 5.10 Å². The van der Waals surface area contributed by atoms with Crippen molar-refractivity contribution < 1.29 is 13.9 Å². The van der Waals surface area contributed by atoms with Gasteiger partial charge in [-0.15, -0.1) is 0 Å². The Morgan fingerprint density at radius 2 is 1.85 bits per heavy atom. The third-order valence-electron chi connectivity index (χ3n) is 3.79. The average molecular weight is 433 g/mol. The number of anilines is 2. The summed E-state index contributed by atoms with van der Waals surface area (Å²) in [5.74, 6) is 0.324. The Morgan fingerprint density at radius 3 is 2.48 bits per heavy atom. The highest BCUT2D eigenvalue weighted by atomic mass is 79.9. The van der Waals surface area contributed by atoms with Crippen molar-refractivity contribution in [1.29, 1.82) is 0 Å². The van der Waals surface area contributed by atoms with Gasteiger partial charge in [0.25, 0.3) is 0 Å². The molecule has 1 aromatic heterocycles. The van der Waals surface area contributed by atoms with Crippen LogP contribution in [0.4, 0.5) is 20.6 Å². The fraction of sp³-hybridized carbons (Fsp3) is 0.158. The van der Waals surface area contributed by atoms with E-state index in [9.17, 15) is 9.18 Å². The molecular formula is C19H18BrFN4O2. The molecule has 3 rings (SSSR count). The molecule has 6 nitrogen and oxygen atoms in total. The zero-order valence-corrected chi connectivity index (χ0v) is 16.4. The summed E-state index contributed by atoms with van der Waals surface area (Å²) in [4.78, 5) is 12.2. The lowest BCUT2D eigenvalue weighted by Gasteiger charge is -2.14. The van der Waals surface area contributed by atoms with Crippen molar-refractivity contribution in [3.05, 3.63) is 59.0 Å². The molecule has 0 fully saturated rings. The minimum Gasteiger partial charge on any atom is -0.493 e. The Hall–Kier alpha value is -2.87. The van der Waals surface area contributed by atoms with Gasteiger partial charge in [0.2, 0.25) is 0 Å². The van der Waals surface area contributed by atoms with Crippen LogP contribution in [-0.2, 0) is 7.05 Å². The zero-order chi connectivity index (χ0) is 19.4. The van der Waals surface area contributed by atoms with Crippen LogP contribution in [0.2, 0.25) is 0 Å². The topological polar surface area (TPSA) is 68.2 Å². The SMILES string of the molecule is CCOc1ccc(NC(=O)Nc2ccc(F)cc2)cc1-c1c(Br)cnn1C. The summed E-state index contributed by atoms with van der Waals surface area (Å²) in [6.07, 6.45) is 1.70. The number of nitrogens with one attached hydrogen (secondary N) is 2. The fourth-order valence-corrected chi connectivity index (χ4v) is 3.18. The predicted octanol–water partition coefficient (Wildman–Crippen LogP) is 5.03. The van der Waals surface area contributed by atoms with E-state index in [1.165, 1.54) is 24.3 Å². The van der Waals surface area contributed by atoms with Crippen LogP contribution in [0.25, 0.3) is 11.3 Å². The molecule has 2 aromatic carbocycles. The molecule has 0 aliphatic heterocycles. The number of benzene rings is 2. The number of hydrogen-bond donors (Lipinski definition) is 2. The number of aryl methyl sites for hydroxylation is 1. The first-order chi connectivity index (χ1) is 13.0. The monoisotopic (exact) mass is 432 g/mol. The molecule has 1 heterocycles. The first kappa shape index (κ1) is 18.9. The maximum atomic E-state index is 13.0. The van der Waals surface area contributed by atoms with Crippen molar-refractivity contribution in [3.8, 4) is 17.0 Å². The second-order valence-electron chi connectivity index (χ2n) is 5.69. The number of carbonyl (C=O) groups is 1. The highest BCUT2D eigenvalue weighted by molar-refractivity contribution is 9.10. The molecule has 0 unspecified atom stereocenters. The van der Waals surface area contributed by atoms with E-state index in [0.717, 1.165) is 15.7 Å². The number of aromatic nitrogens is 2. The molecule has 0 saturated carbocycles. The van der Waals surface area contributed by atoms with Crippen LogP contribution in [0.15, 0.2) is 53.1 Å². The second kappa shape index (κ2) is 8.22. The third kappa shape index (κ3) is 4.46. The predicted molar refractivity (Wildman–Crippen MR) is 107 cm³/mol. The number of urea groups is 1. The number of ether oxygens (including phenoxy) is 1. The average Bonchev–Trinajstić information content (AvgIpc) is 2.97. The quantitative estimate of drug-likeness (QED) is 0.593. The second-order valence-corrected chi connectivity index (χ2v) is 6.55. The molecule has 2 N–H and O–H groups in total. The van der Waals surface area contributed by atoms with E-state index in [1.807, 2.05) is 20.0 Å². The van der Waals surface area contributed by atoms with Crippen LogP contribution in [-0.4, -0.2) is 22.4 Å². The van der Waals surface area contributed by atoms with Gasteiger partial charge < -0.3 is 15.4 Å². The lowest BCUT2D eigenvalue weighted by Crippen LogP contribution is -2.19. The first-order valence-corrected chi connectivity index (χ1v) is 9.05. The molecule has 0 atom stereocenters. The van der Waals surface area contributed by atoms with E-state index in [0.29, 0.717) is 23.7 Å². The van der Waals surface area contributed by atoms with E-state index in [1.54, 1.807) is 23.0 Å². The van der Waals surface area contributed by atoms with E-state index in [4.69, 9.17) is 4.74 Å². The molecule has 2 amide bonds. The number of halogens is 2. The first-order valence-electron chi connectivity index (χ1n) is 8.26. The van der Waals surface area contributed by atoms with E-state index >= 15 is 0 Å². The van der Waals surface area contributed by atoms with Gasteiger partial charge in [0.1, 0.15) is 11.6 Å². The number of carbonyl (C=O) groups excluding carboxylic acids is 1. The van der Waals surface area contributed by atoms with Gasteiger partial charge in [-0.05, 0) is 65.3 Å². The fourth-order valence-electron chi connectivity index (χ4n) is 2.61. The lowest BCUT2D eigenvalue weighted by atomic mass is 10.1. The number of hydrogen-bond acceptors (Lipinski definition) is 3. The molecule has 27 heavy (non-hydrogen) atoms. The van der Waals surface area contributed by atoms with Crippen molar-refractivity contribution >= 4 is 33.3 Å². The smallest absolute Gasteiger partial charge is 0.323 e. The highest BCUT2D eigenvalue weighted by Crippen LogP contribution is 2.36. The van der Waals surface area contributed by atoms with Crippen molar-refractivity contribution in [1.82, 2.24) is 9.78 Å². The van der Waals surface area contributed by atoms with Crippen LogP contribution in [0.1, 0.15) is 6.92 Å². The lowest BCUT2D eigenvalue weighted by molar-refractivity contribution is 0.262. The molecule has 0 saturated heterocycles. The Morgan fingerprint density at radius 1 is 1.19 bits per heavy atom. The van der Waals surface area contributed by atoms with Crippen LogP contribution in [0.3, 0.4) is 0 Å². The van der Waals surface area contributed by atoms with Crippen molar-refractivity contribution in [2.45, 2.75) is 6.92 Å². The maximum absolute atomic E-state index is 13.0. The summed E-state index contributed by atoms with van der Waals surface area (Å²) < 4.78 is 21.2. The molecule has 0 aliphatic carbocycles. The zero-order valence-electron chi connectivity index (χ0n) is 14.8. The third-order valence-corrected chi connectivity index (χ3v) is 4.37. The van der Waals surface area contributed by atoms with Gasteiger partial charge in [-0.3, -0.25) is 4.68 Å². The van der Waals surface area contributed by atoms with Gasteiger partial charge in [0.05, 0.1) is 23.0 Å². The van der Waals surface area contributed by atoms with E-state index in [-0.39, 0.29) is 5.82 Å². The van der Waals surface area contributed by atoms with Gasteiger partial charge in [-0.1, -0.05) is 0 Å². The summed E-state index contributed by atoms with van der Waals surface area (Å²) in [6, 6.07) is 10.5. The molecular weight excluding hydrogens is 415 g/mol. The Balaban J connectivity index is 1.85. The number of amides is 2. The largest absolute Gasteiger partial charge is 0.493 e. The standard InChI is InChI=1S/C19H18BrFN4O2/c1-3-27-17-9-8-14(10-15(17)18-16(20)11-22-25(18)2)24-19(26)23-13-6-4-12(21)5-7-13/h4-11H,3H2,1-2H3,(H2,23,24,26). The molecule has 140 valence electrons. The molecule has 0 aliphatic rings. The Labute approximate surface area is 164 Å². The van der Waals surface area contributed by atoms with Crippen molar-refractivity contribution in [2.24, 2.45) is 7.05 Å². The molecule has 3 aromatic rings. The summed E-state index contributed by atoms with van der Waals surface area (Å²) in [7, 11) is 1.83. The Bertz CT molecular complexity index is 937. The summed E-state index contributed by atoms with van der Waals surface area (Å²) in [5, 5.41) is 9.66.